The van der Waals surface area contributed by atoms with E-state index in [1.54, 1.807) is 13.1 Å². The summed E-state index contributed by atoms with van der Waals surface area (Å²) in [6.45, 7) is 9.37. The van der Waals surface area contributed by atoms with Crippen LogP contribution in [0.25, 0.3) is 5.48 Å². The van der Waals surface area contributed by atoms with E-state index in [-0.39, 0.29) is 56.4 Å². The van der Waals surface area contributed by atoms with Gasteiger partial charge in [-0.25, -0.2) is 4.79 Å². The fourth-order valence-corrected chi connectivity index (χ4v) is 3.98. The SMILES string of the molecule is C=CCCCCc1ccc(C)s1.CCC(=O)c1c(O)cc(C(C)CC/C=C\[N-]OC)oc1=O.[Y]. The molecule has 1 N–H and O–H groups in total. The quantitative estimate of drug-likeness (QED) is 0.120. The number of rotatable bonds is 13. The van der Waals surface area contributed by atoms with E-state index in [4.69, 9.17) is 4.42 Å². The Balaban J connectivity index is 0.000000713. The van der Waals surface area contributed by atoms with Gasteiger partial charge in [0.25, 0.3) is 0 Å². The largest absolute Gasteiger partial charge is 0.569 e. The molecule has 0 amide bonds. The van der Waals surface area contributed by atoms with Crippen LogP contribution in [0.1, 0.15) is 84.2 Å². The fraction of sp³-hybridized carbons (Fsp3) is 0.462. The molecule has 0 aromatic carbocycles. The summed E-state index contributed by atoms with van der Waals surface area (Å²) >= 11 is 1.92. The molecule has 0 spiro atoms. The van der Waals surface area contributed by atoms with Crippen LogP contribution in [0.15, 0.2) is 52.3 Å². The number of aryl methyl sites for hydroxylation is 2. The van der Waals surface area contributed by atoms with E-state index in [0.717, 1.165) is 6.42 Å². The van der Waals surface area contributed by atoms with E-state index in [2.05, 4.69) is 36.0 Å². The minimum Gasteiger partial charge on any atom is -0.569 e. The van der Waals surface area contributed by atoms with Gasteiger partial charge in [0.2, 0.25) is 0 Å². The zero-order valence-corrected chi connectivity index (χ0v) is 24.4. The van der Waals surface area contributed by atoms with Crippen molar-refractivity contribution in [3.05, 3.63) is 80.1 Å². The van der Waals surface area contributed by atoms with Crippen LogP contribution in [-0.2, 0) is 44.0 Å². The number of allylic oxidation sites excluding steroid dienone is 2. The van der Waals surface area contributed by atoms with Gasteiger partial charge in [0.1, 0.15) is 17.1 Å². The number of hydrogen-bond acceptors (Lipinski definition) is 6. The van der Waals surface area contributed by atoms with Gasteiger partial charge in [0.15, 0.2) is 5.78 Å². The molecule has 0 fully saturated rings. The van der Waals surface area contributed by atoms with E-state index in [1.807, 2.05) is 30.4 Å². The summed E-state index contributed by atoms with van der Waals surface area (Å²) in [5, 5.41) is 9.84. The number of hydrogen-bond donors (Lipinski definition) is 1. The fourth-order valence-electron chi connectivity index (χ4n) is 3.05. The molecule has 0 aliphatic heterocycles. The summed E-state index contributed by atoms with van der Waals surface area (Å²) in [6, 6.07) is 5.79. The van der Waals surface area contributed by atoms with Gasteiger partial charge in [-0.2, -0.15) is 6.20 Å². The number of nitrogens with zero attached hydrogens (tertiary/aromatic N) is 1. The van der Waals surface area contributed by atoms with Gasteiger partial charge in [-0.15, -0.1) is 24.0 Å². The summed E-state index contributed by atoms with van der Waals surface area (Å²) in [4.78, 5) is 30.8. The van der Waals surface area contributed by atoms with Crippen LogP contribution in [-0.4, -0.2) is 18.0 Å². The predicted octanol–water partition coefficient (Wildman–Crippen LogP) is 7.22. The van der Waals surface area contributed by atoms with Gasteiger partial charge in [0.05, 0.1) is 0 Å². The number of thiophene rings is 1. The normalized spacial score (nSPS) is 11.3. The van der Waals surface area contributed by atoms with Crippen LogP contribution in [0.5, 0.6) is 5.75 Å². The zero-order chi connectivity index (χ0) is 24.6. The average Bonchev–Trinajstić information content (AvgIpc) is 3.21. The molecule has 2 aromatic heterocycles. The molecule has 2 aromatic rings. The first kappa shape index (κ1) is 32.5. The molecule has 2 rings (SSSR count). The molecule has 0 saturated heterocycles. The van der Waals surface area contributed by atoms with Crippen LogP contribution in [0.3, 0.4) is 0 Å². The number of hydroxylamine groups is 1. The van der Waals surface area contributed by atoms with Gasteiger partial charge in [0, 0.05) is 68.0 Å². The maximum Gasteiger partial charge on any atom is 0.350 e. The number of unbranched alkanes of at least 4 members (excludes halogenated alkanes) is 2. The Labute approximate surface area is 232 Å². The van der Waals surface area contributed by atoms with Crippen LogP contribution in [0.2, 0.25) is 0 Å². The van der Waals surface area contributed by atoms with Crippen molar-refractivity contribution in [3.63, 3.8) is 0 Å². The standard InChI is InChI=1S/C15H20NO5.C11H16S.Y/c1-4-11(17)14-12(18)9-13(21-15(14)19)10(2)7-5-6-8-16-20-3;1-3-4-5-6-7-11-9-8-10(2)12-11;/h6,8-10H,4-5,7H2,1-3H3,(H,17,18,19);3,8-9H,1,4-7H2,2H3;/q-1;;/b8-6-;;. The molecule has 1 radical (unpaired) electrons. The molecule has 0 bridgehead atoms. The van der Waals surface area contributed by atoms with E-state index in [9.17, 15) is 14.7 Å². The molecule has 1 unspecified atom stereocenters. The number of carbonyl (C=O) groups excluding carboxylic acids is 1. The molecule has 1 atom stereocenters. The maximum absolute atomic E-state index is 11.8. The van der Waals surface area contributed by atoms with Crippen molar-refractivity contribution in [2.45, 2.75) is 71.6 Å². The molecule has 0 aliphatic rings. The van der Waals surface area contributed by atoms with Crippen molar-refractivity contribution >= 4 is 17.1 Å². The first-order valence-corrected chi connectivity index (χ1v) is 12.1. The second kappa shape index (κ2) is 18.7. The Kier molecular flexibility index (Phi) is 17.9. The number of aromatic hydroxyl groups is 1. The summed E-state index contributed by atoms with van der Waals surface area (Å²) in [6.07, 6.45) is 11.9. The third-order valence-corrected chi connectivity index (χ3v) is 6.01. The Hall–Kier alpha value is -1.54. The van der Waals surface area contributed by atoms with Crippen LogP contribution in [0, 0.1) is 6.92 Å². The zero-order valence-electron chi connectivity index (χ0n) is 20.7. The van der Waals surface area contributed by atoms with Gasteiger partial charge < -0.3 is 19.8 Å². The molecule has 8 heteroatoms. The number of Topliss-reactive ketones (excluding diaryl/α,β-unsaturated/α-hetero) is 1. The molecule has 0 saturated carbocycles. The van der Waals surface area contributed by atoms with E-state index >= 15 is 0 Å². The average molecular weight is 564 g/mol. The first-order chi connectivity index (χ1) is 15.8. The second-order valence-electron chi connectivity index (χ2n) is 7.67. The minimum atomic E-state index is -0.784. The summed E-state index contributed by atoms with van der Waals surface area (Å²) in [5.41, 5.74) is 2.52. The Morgan fingerprint density at radius 3 is 2.62 bits per heavy atom. The predicted molar refractivity (Wildman–Crippen MR) is 135 cm³/mol. The molecule has 6 nitrogen and oxygen atoms in total. The van der Waals surface area contributed by atoms with E-state index in [1.165, 1.54) is 42.2 Å². The molecule has 0 aliphatic carbocycles. The smallest absolute Gasteiger partial charge is 0.350 e. The third kappa shape index (κ3) is 12.2. The van der Waals surface area contributed by atoms with Crippen LogP contribution in [0.4, 0.5) is 0 Å². The van der Waals surface area contributed by atoms with Crippen molar-refractivity contribution in [1.82, 2.24) is 0 Å². The van der Waals surface area contributed by atoms with Crippen molar-refractivity contribution in [1.29, 1.82) is 0 Å². The van der Waals surface area contributed by atoms with E-state index < -0.39 is 11.4 Å². The topological polar surface area (TPSA) is 90.8 Å². The minimum absolute atomic E-state index is 0. The summed E-state index contributed by atoms with van der Waals surface area (Å²) < 4.78 is 5.14. The molecule has 34 heavy (non-hydrogen) atoms. The Bertz CT molecular complexity index is 951. The van der Waals surface area contributed by atoms with Gasteiger partial charge in [-0.3, -0.25) is 4.79 Å². The molecular weight excluding hydrogens is 527 g/mol. The summed E-state index contributed by atoms with van der Waals surface area (Å²) in [5.74, 6) is -0.446. The molecular formula is C26H36NO5SY-. The van der Waals surface area contributed by atoms with Gasteiger partial charge in [-0.05, 0) is 57.6 Å². The van der Waals surface area contributed by atoms with Gasteiger partial charge >= 0.3 is 5.63 Å². The monoisotopic (exact) mass is 563 g/mol. The van der Waals surface area contributed by atoms with Crippen molar-refractivity contribution in [3.8, 4) is 5.75 Å². The summed E-state index contributed by atoms with van der Waals surface area (Å²) in [7, 11) is 1.46. The molecule has 2 heterocycles. The van der Waals surface area contributed by atoms with Gasteiger partial charge in [-0.1, -0.05) is 19.9 Å². The number of ketones is 1. The van der Waals surface area contributed by atoms with E-state index in [0.29, 0.717) is 18.6 Å². The van der Waals surface area contributed by atoms with Crippen molar-refractivity contribution in [2.24, 2.45) is 0 Å². The van der Waals surface area contributed by atoms with Crippen molar-refractivity contribution in [2.75, 3.05) is 7.11 Å². The maximum atomic E-state index is 11.8. The Morgan fingerprint density at radius 2 is 2.06 bits per heavy atom. The number of carbonyl (C=O) groups is 1. The van der Waals surface area contributed by atoms with Crippen LogP contribution < -0.4 is 5.63 Å². The second-order valence-corrected chi connectivity index (χ2v) is 9.04. The molecule has 185 valence electrons. The Morgan fingerprint density at radius 1 is 1.32 bits per heavy atom. The third-order valence-electron chi connectivity index (χ3n) is 4.95. The first-order valence-electron chi connectivity index (χ1n) is 11.3. The van der Waals surface area contributed by atoms with Crippen LogP contribution >= 0.6 is 11.3 Å². The van der Waals surface area contributed by atoms with Crippen molar-refractivity contribution < 1.29 is 51.9 Å².